The topological polar surface area (TPSA) is 116 Å². The van der Waals surface area contributed by atoms with Crippen molar-refractivity contribution in [2.45, 2.75) is 57.8 Å². The fourth-order valence-corrected chi connectivity index (χ4v) is 4.23. The first-order valence-corrected chi connectivity index (χ1v) is 9.20. The van der Waals surface area contributed by atoms with Crippen LogP contribution < -0.4 is 11.3 Å². The number of nitrogens with two attached hydrogens (primary N) is 1. The van der Waals surface area contributed by atoms with Crippen molar-refractivity contribution in [1.29, 1.82) is 0 Å². The molecule has 130 valence electrons. The third-order valence-corrected chi connectivity index (χ3v) is 5.60. The number of anilines is 1. The zero-order valence-electron chi connectivity index (χ0n) is 13.4. The summed E-state index contributed by atoms with van der Waals surface area (Å²) in [4.78, 5) is 26.5. The molecular formula is C15H21N5O3S. The Bertz CT molecular complexity index is 792. The Morgan fingerprint density at radius 1 is 1.25 bits per heavy atom. The van der Waals surface area contributed by atoms with Gasteiger partial charge in [0.05, 0.1) is 4.92 Å². The molecule has 0 spiro atoms. The Hall–Kier alpha value is -2.03. The standard InChI is InChI=1S/C15H21N5O3S/c16-13-12(20(22)23)14(21)19-15(17-13)24-11(18-19)9-8-10-6-4-2-1-3-5-7-10/h10H,1-9,16H2. The van der Waals surface area contributed by atoms with Crippen LogP contribution in [0.2, 0.25) is 0 Å². The molecule has 0 bridgehead atoms. The second kappa shape index (κ2) is 7.25. The molecule has 2 aromatic rings. The van der Waals surface area contributed by atoms with Crippen molar-refractivity contribution in [3.8, 4) is 0 Å². The smallest absolute Gasteiger partial charge is 0.377 e. The van der Waals surface area contributed by atoms with Crippen molar-refractivity contribution in [3.63, 3.8) is 0 Å². The van der Waals surface area contributed by atoms with Gasteiger partial charge in [-0.25, -0.2) is 0 Å². The first-order valence-electron chi connectivity index (χ1n) is 8.39. The molecule has 9 heteroatoms. The lowest BCUT2D eigenvalue weighted by molar-refractivity contribution is -0.385. The van der Waals surface area contributed by atoms with Crippen molar-refractivity contribution < 1.29 is 4.92 Å². The van der Waals surface area contributed by atoms with Gasteiger partial charge in [0.25, 0.3) is 0 Å². The number of rotatable bonds is 4. The van der Waals surface area contributed by atoms with E-state index >= 15 is 0 Å². The predicted octanol–water partition coefficient (Wildman–Crippen LogP) is 2.93. The molecule has 0 unspecified atom stereocenters. The fourth-order valence-electron chi connectivity index (χ4n) is 3.32. The van der Waals surface area contributed by atoms with Crippen LogP contribution in [-0.2, 0) is 6.42 Å². The molecule has 0 aliphatic heterocycles. The Kier molecular flexibility index (Phi) is 5.08. The lowest BCUT2D eigenvalue weighted by Gasteiger charge is -2.18. The van der Waals surface area contributed by atoms with Crippen molar-refractivity contribution in [2.24, 2.45) is 5.92 Å². The van der Waals surface area contributed by atoms with Gasteiger partial charge in [0.1, 0.15) is 5.01 Å². The van der Waals surface area contributed by atoms with Crippen LogP contribution in [0.5, 0.6) is 0 Å². The molecule has 1 saturated carbocycles. The molecule has 8 nitrogen and oxygen atoms in total. The molecule has 0 radical (unpaired) electrons. The zero-order valence-corrected chi connectivity index (χ0v) is 14.3. The summed E-state index contributed by atoms with van der Waals surface area (Å²) in [6, 6.07) is 0. The van der Waals surface area contributed by atoms with Crippen molar-refractivity contribution in [1.82, 2.24) is 14.6 Å². The molecule has 0 saturated heterocycles. The number of nitrogens with zero attached hydrogens (tertiary/aromatic N) is 4. The molecule has 0 aromatic carbocycles. The van der Waals surface area contributed by atoms with Crippen LogP contribution in [0, 0.1) is 16.0 Å². The van der Waals surface area contributed by atoms with Gasteiger partial charge < -0.3 is 5.73 Å². The predicted molar refractivity (Wildman–Crippen MR) is 92.3 cm³/mol. The van der Waals surface area contributed by atoms with E-state index < -0.39 is 16.2 Å². The first-order chi connectivity index (χ1) is 11.6. The van der Waals surface area contributed by atoms with Gasteiger partial charge in [-0.2, -0.15) is 14.6 Å². The average Bonchev–Trinajstić information content (AvgIpc) is 2.89. The summed E-state index contributed by atoms with van der Waals surface area (Å²) in [7, 11) is 0. The number of aryl methyl sites for hydroxylation is 1. The second-order valence-electron chi connectivity index (χ2n) is 6.35. The molecular weight excluding hydrogens is 330 g/mol. The van der Waals surface area contributed by atoms with E-state index in [0.717, 1.165) is 22.4 Å². The Balaban J connectivity index is 1.77. The molecule has 0 atom stereocenters. The molecule has 0 amide bonds. The highest BCUT2D eigenvalue weighted by molar-refractivity contribution is 7.16. The van der Waals surface area contributed by atoms with Crippen LogP contribution in [0.15, 0.2) is 4.79 Å². The third kappa shape index (κ3) is 3.55. The molecule has 1 fully saturated rings. The normalized spacial score (nSPS) is 16.8. The second-order valence-corrected chi connectivity index (χ2v) is 7.39. The Morgan fingerprint density at radius 2 is 1.92 bits per heavy atom. The summed E-state index contributed by atoms with van der Waals surface area (Å²) in [6.45, 7) is 0. The van der Waals surface area contributed by atoms with Gasteiger partial charge in [-0.3, -0.25) is 14.9 Å². The summed E-state index contributed by atoms with van der Waals surface area (Å²) >= 11 is 1.28. The lowest BCUT2D eigenvalue weighted by atomic mass is 9.88. The molecule has 2 aromatic heterocycles. The highest BCUT2D eigenvalue weighted by atomic mass is 32.1. The maximum absolute atomic E-state index is 12.1. The van der Waals surface area contributed by atoms with Crippen molar-refractivity contribution >= 4 is 27.8 Å². The van der Waals surface area contributed by atoms with Gasteiger partial charge in [-0.15, -0.1) is 0 Å². The summed E-state index contributed by atoms with van der Waals surface area (Å²) in [5.74, 6) is 0.349. The lowest BCUT2D eigenvalue weighted by Crippen LogP contribution is -2.20. The number of hydrogen-bond acceptors (Lipinski definition) is 7. The van der Waals surface area contributed by atoms with E-state index in [-0.39, 0.29) is 5.82 Å². The monoisotopic (exact) mass is 351 g/mol. The van der Waals surface area contributed by atoms with E-state index in [0.29, 0.717) is 10.9 Å². The Labute approximate surface area is 142 Å². The fraction of sp³-hybridized carbons (Fsp3) is 0.667. The summed E-state index contributed by atoms with van der Waals surface area (Å²) < 4.78 is 1.01. The molecule has 2 heterocycles. The van der Waals surface area contributed by atoms with Crippen LogP contribution in [0.3, 0.4) is 0 Å². The van der Waals surface area contributed by atoms with Crippen LogP contribution in [0.1, 0.15) is 56.4 Å². The van der Waals surface area contributed by atoms with E-state index in [1.807, 2.05) is 0 Å². The van der Waals surface area contributed by atoms with Crippen LogP contribution >= 0.6 is 11.3 Å². The number of fused-ring (bicyclic) bond motifs is 1. The van der Waals surface area contributed by atoms with E-state index in [4.69, 9.17) is 5.73 Å². The highest BCUT2D eigenvalue weighted by Crippen LogP contribution is 2.27. The number of aromatic nitrogens is 3. The maximum Gasteiger partial charge on any atom is 0.377 e. The van der Waals surface area contributed by atoms with Gasteiger partial charge in [-0.1, -0.05) is 56.3 Å². The van der Waals surface area contributed by atoms with E-state index in [1.165, 1.54) is 56.3 Å². The van der Waals surface area contributed by atoms with Crippen LogP contribution in [0.25, 0.3) is 4.96 Å². The maximum atomic E-state index is 12.1. The van der Waals surface area contributed by atoms with Gasteiger partial charge in [0.15, 0.2) is 0 Å². The largest absolute Gasteiger partial charge is 0.378 e. The van der Waals surface area contributed by atoms with Crippen LogP contribution in [0.4, 0.5) is 11.5 Å². The number of nitro groups is 1. The SMILES string of the molecule is Nc1nc2sc(CCC3CCCCCCC3)nn2c(=O)c1[N+](=O)[O-]. The molecule has 3 rings (SSSR count). The van der Waals surface area contributed by atoms with Gasteiger partial charge in [0.2, 0.25) is 10.8 Å². The van der Waals surface area contributed by atoms with Gasteiger partial charge in [0, 0.05) is 6.42 Å². The number of hydrogen-bond donors (Lipinski definition) is 1. The summed E-state index contributed by atoms with van der Waals surface area (Å²) in [6.07, 6.45) is 10.9. The Morgan fingerprint density at radius 3 is 2.58 bits per heavy atom. The van der Waals surface area contributed by atoms with Gasteiger partial charge >= 0.3 is 11.2 Å². The zero-order chi connectivity index (χ0) is 17.1. The number of nitrogen functional groups attached to an aromatic ring is 1. The molecule has 1 aliphatic rings. The summed E-state index contributed by atoms with van der Waals surface area (Å²) in [5.41, 5.74) is 4.02. The molecule has 2 N–H and O–H groups in total. The average molecular weight is 351 g/mol. The van der Waals surface area contributed by atoms with Crippen LogP contribution in [-0.4, -0.2) is 19.5 Å². The first kappa shape index (κ1) is 16.8. The minimum atomic E-state index is -0.809. The molecule has 24 heavy (non-hydrogen) atoms. The van der Waals surface area contributed by atoms with Crippen molar-refractivity contribution in [2.75, 3.05) is 5.73 Å². The third-order valence-electron chi connectivity index (χ3n) is 4.63. The van der Waals surface area contributed by atoms with E-state index in [1.54, 1.807) is 0 Å². The van der Waals surface area contributed by atoms with E-state index in [9.17, 15) is 14.9 Å². The minimum absolute atomic E-state index is 0.316. The van der Waals surface area contributed by atoms with E-state index in [2.05, 4.69) is 10.1 Å². The highest BCUT2D eigenvalue weighted by Gasteiger charge is 2.23. The van der Waals surface area contributed by atoms with Gasteiger partial charge in [-0.05, 0) is 12.3 Å². The minimum Gasteiger partial charge on any atom is -0.378 e. The quantitative estimate of drug-likeness (QED) is 0.668. The molecule has 1 aliphatic carbocycles. The van der Waals surface area contributed by atoms with Crippen molar-refractivity contribution in [3.05, 3.63) is 25.5 Å². The summed E-state index contributed by atoms with van der Waals surface area (Å²) in [5, 5.41) is 15.9.